The number of nitrogens with zero attached hydrogens (tertiary/aromatic N) is 2. The summed E-state index contributed by atoms with van der Waals surface area (Å²) in [4.78, 5) is 11.1. The Kier molecular flexibility index (Phi) is 5.14. The number of carbonyl (C=O) groups is 1. The quantitative estimate of drug-likeness (QED) is 0.836. The van der Waals surface area contributed by atoms with Gasteiger partial charge in [0.1, 0.15) is 0 Å². The van der Waals surface area contributed by atoms with E-state index in [1.165, 1.54) is 0 Å². The molecule has 1 unspecified atom stereocenters. The fourth-order valence-electron chi connectivity index (χ4n) is 1.81. The van der Waals surface area contributed by atoms with Crippen molar-refractivity contribution in [3.8, 4) is 0 Å². The number of hydrogen-bond donors (Lipinski definition) is 2. The molecule has 1 aromatic rings. The van der Waals surface area contributed by atoms with Gasteiger partial charge in [0.25, 0.3) is 0 Å². The molecule has 6 heteroatoms. The first kappa shape index (κ1) is 14.2. The average Bonchev–Trinajstić information content (AvgIpc) is 2.55. The molecule has 0 saturated carbocycles. The summed E-state index contributed by atoms with van der Waals surface area (Å²) in [6.07, 6.45) is 0.942. The summed E-state index contributed by atoms with van der Waals surface area (Å²) in [5.41, 5.74) is 7.26. The van der Waals surface area contributed by atoms with E-state index in [1.807, 2.05) is 18.5 Å². The summed E-state index contributed by atoms with van der Waals surface area (Å²) in [7, 11) is 0. The Morgan fingerprint density at radius 3 is 2.76 bits per heavy atom. The van der Waals surface area contributed by atoms with Crippen molar-refractivity contribution in [2.75, 3.05) is 6.54 Å². The van der Waals surface area contributed by atoms with Crippen LogP contribution in [-0.4, -0.2) is 27.4 Å². The minimum absolute atomic E-state index is 0.383. The Balaban J connectivity index is 2.95. The SMILES string of the molecule is CCn1nc(C)c(Br)c1CC(CCN)C(=O)O. The maximum Gasteiger partial charge on any atom is 0.306 e. The van der Waals surface area contributed by atoms with Gasteiger partial charge in [0.05, 0.1) is 21.8 Å². The maximum absolute atomic E-state index is 11.1. The third kappa shape index (κ3) is 3.29. The van der Waals surface area contributed by atoms with Gasteiger partial charge in [-0.25, -0.2) is 0 Å². The van der Waals surface area contributed by atoms with Crippen LogP contribution in [0.25, 0.3) is 0 Å². The second kappa shape index (κ2) is 6.16. The van der Waals surface area contributed by atoms with Crippen molar-refractivity contribution in [2.24, 2.45) is 11.7 Å². The van der Waals surface area contributed by atoms with E-state index < -0.39 is 11.9 Å². The molecule has 1 aromatic heterocycles. The van der Waals surface area contributed by atoms with Crippen LogP contribution in [0.2, 0.25) is 0 Å². The van der Waals surface area contributed by atoms with Crippen molar-refractivity contribution < 1.29 is 9.90 Å². The molecule has 0 aliphatic carbocycles. The number of carboxylic acid groups (broad SMARTS) is 1. The largest absolute Gasteiger partial charge is 0.481 e. The van der Waals surface area contributed by atoms with Gasteiger partial charge in [-0.15, -0.1) is 0 Å². The van der Waals surface area contributed by atoms with Crippen molar-refractivity contribution in [1.29, 1.82) is 0 Å². The Labute approximate surface area is 109 Å². The highest BCUT2D eigenvalue weighted by Crippen LogP contribution is 2.24. The maximum atomic E-state index is 11.1. The van der Waals surface area contributed by atoms with E-state index in [9.17, 15) is 4.79 Å². The van der Waals surface area contributed by atoms with E-state index in [0.29, 0.717) is 19.4 Å². The van der Waals surface area contributed by atoms with Gasteiger partial charge in [0.15, 0.2) is 0 Å². The first-order valence-corrected chi connectivity index (χ1v) is 6.45. The minimum atomic E-state index is -0.802. The van der Waals surface area contributed by atoms with E-state index in [-0.39, 0.29) is 0 Å². The van der Waals surface area contributed by atoms with Gasteiger partial charge in [-0.05, 0) is 42.7 Å². The number of nitrogens with two attached hydrogens (primary N) is 1. The number of aryl methyl sites for hydroxylation is 2. The normalized spacial score (nSPS) is 12.7. The predicted molar refractivity (Wildman–Crippen MR) is 68.8 cm³/mol. The van der Waals surface area contributed by atoms with Gasteiger partial charge < -0.3 is 10.8 Å². The minimum Gasteiger partial charge on any atom is -0.481 e. The molecule has 0 aliphatic heterocycles. The molecule has 96 valence electrons. The van der Waals surface area contributed by atoms with Gasteiger partial charge in [-0.3, -0.25) is 9.48 Å². The number of hydrogen-bond acceptors (Lipinski definition) is 3. The molecule has 0 aliphatic rings. The molecular weight excluding hydrogens is 286 g/mol. The van der Waals surface area contributed by atoms with Crippen LogP contribution >= 0.6 is 15.9 Å². The fourth-order valence-corrected chi connectivity index (χ4v) is 2.26. The first-order valence-electron chi connectivity index (χ1n) is 5.65. The number of aliphatic carboxylic acids is 1. The lowest BCUT2D eigenvalue weighted by molar-refractivity contribution is -0.141. The van der Waals surface area contributed by atoms with Gasteiger partial charge >= 0.3 is 5.97 Å². The summed E-state index contributed by atoms with van der Waals surface area (Å²) in [6, 6.07) is 0. The van der Waals surface area contributed by atoms with Crippen molar-refractivity contribution in [2.45, 2.75) is 33.2 Å². The second-order valence-electron chi connectivity index (χ2n) is 3.98. The second-order valence-corrected chi connectivity index (χ2v) is 4.77. The van der Waals surface area contributed by atoms with Gasteiger partial charge in [-0.1, -0.05) is 0 Å². The Hall–Kier alpha value is -0.880. The van der Waals surface area contributed by atoms with E-state index in [1.54, 1.807) is 0 Å². The zero-order chi connectivity index (χ0) is 13.0. The zero-order valence-corrected chi connectivity index (χ0v) is 11.7. The molecule has 0 fully saturated rings. The van der Waals surface area contributed by atoms with E-state index in [2.05, 4.69) is 21.0 Å². The molecular formula is C11H18BrN3O2. The van der Waals surface area contributed by atoms with Crippen molar-refractivity contribution in [1.82, 2.24) is 9.78 Å². The highest BCUT2D eigenvalue weighted by atomic mass is 79.9. The standard InChI is InChI=1S/C11H18BrN3O2/c1-3-15-9(10(12)7(2)14-15)6-8(4-5-13)11(16)17/h8H,3-6,13H2,1-2H3,(H,16,17). The summed E-state index contributed by atoms with van der Waals surface area (Å²) >= 11 is 3.46. The van der Waals surface area contributed by atoms with E-state index >= 15 is 0 Å². The van der Waals surface area contributed by atoms with Crippen LogP contribution in [0.4, 0.5) is 0 Å². The monoisotopic (exact) mass is 303 g/mol. The van der Waals surface area contributed by atoms with Crippen LogP contribution in [-0.2, 0) is 17.8 Å². The summed E-state index contributed by atoms with van der Waals surface area (Å²) in [5.74, 6) is -1.25. The summed E-state index contributed by atoms with van der Waals surface area (Å²) < 4.78 is 2.74. The third-order valence-electron chi connectivity index (χ3n) is 2.76. The van der Waals surface area contributed by atoms with Crippen LogP contribution in [0.1, 0.15) is 24.7 Å². The molecule has 3 N–H and O–H groups in total. The van der Waals surface area contributed by atoms with Gasteiger partial charge in [-0.2, -0.15) is 5.10 Å². The molecule has 1 rings (SSSR count). The van der Waals surface area contributed by atoms with Crippen molar-refractivity contribution >= 4 is 21.9 Å². The summed E-state index contributed by atoms with van der Waals surface area (Å²) in [6.45, 7) is 5.00. The lowest BCUT2D eigenvalue weighted by atomic mass is 9.99. The van der Waals surface area contributed by atoms with Gasteiger partial charge in [0, 0.05) is 13.0 Å². The topological polar surface area (TPSA) is 81.1 Å². The number of rotatable bonds is 6. The average molecular weight is 304 g/mol. The Bertz CT molecular complexity index is 404. The van der Waals surface area contributed by atoms with Crippen molar-refractivity contribution in [3.63, 3.8) is 0 Å². The molecule has 1 heterocycles. The summed E-state index contributed by atoms with van der Waals surface area (Å²) in [5, 5.41) is 13.5. The number of carboxylic acids is 1. The Morgan fingerprint density at radius 1 is 1.65 bits per heavy atom. The first-order chi connectivity index (χ1) is 8.01. The van der Waals surface area contributed by atoms with Crippen LogP contribution in [0.5, 0.6) is 0 Å². The molecule has 0 amide bonds. The molecule has 17 heavy (non-hydrogen) atoms. The van der Waals surface area contributed by atoms with Crippen LogP contribution in [0.15, 0.2) is 4.47 Å². The van der Waals surface area contributed by atoms with Crippen LogP contribution in [0.3, 0.4) is 0 Å². The molecule has 0 saturated heterocycles. The zero-order valence-electron chi connectivity index (χ0n) is 10.1. The molecule has 0 aromatic carbocycles. The Morgan fingerprint density at radius 2 is 2.29 bits per heavy atom. The van der Waals surface area contributed by atoms with Gasteiger partial charge in [0.2, 0.25) is 0 Å². The molecule has 0 bridgehead atoms. The van der Waals surface area contributed by atoms with E-state index in [0.717, 1.165) is 22.4 Å². The van der Waals surface area contributed by atoms with Crippen LogP contribution in [0, 0.1) is 12.8 Å². The van der Waals surface area contributed by atoms with E-state index in [4.69, 9.17) is 10.8 Å². The third-order valence-corrected chi connectivity index (χ3v) is 3.79. The highest BCUT2D eigenvalue weighted by molar-refractivity contribution is 9.10. The molecule has 5 nitrogen and oxygen atoms in total. The smallest absolute Gasteiger partial charge is 0.306 e. The molecule has 0 spiro atoms. The lowest BCUT2D eigenvalue weighted by Gasteiger charge is -2.12. The highest BCUT2D eigenvalue weighted by Gasteiger charge is 2.22. The van der Waals surface area contributed by atoms with Crippen LogP contribution < -0.4 is 5.73 Å². The lowest BCUT2D eigenvalue weighted by Crippen LogP contribution is -2.22. The molecule has 1 atom stereocenters. The fraction of sp³-hybridized carbons (Fsp3) is 0.636. The number of halogens is 1. The van der Waals surface area contributed by atoms with Crippen molar-refractivity contribution in [3.05, 3.63) is 15.9 Å². The predicted octanol–water partition coefficient (Wildman–Crippen LogP) is 1.57. The number of aromatic nitrogens is 2. The molecule has 0 radical (unpaired) electrons.